The summed E-state index contributed by atoms with van der Waals surface area (Å²) < 4.78 is 2.02. The molecule has 1 amide bonds. The average molecular weight is 528 g/mol. The Balaban J connectivity index is 1.25. The predicted octanol–water partition coefficient (Wildman–Crippen LogP) is 5.16. The molecule has 3 N–H and O–H groups in total. The summed E-state index contributed by atoms with van der Waals surface area (Å²) in [5, 5.41) is 19.0. The molecule has 0 radical (unpaired) electrons. The molecule has 2 aromatic heterocycles. The van der Waals surface area contributed by atoms with E-state index in [9.17, 15) is 4.79 Å². The van der Waals surface area contributed by atoms with Crippen molar-refractivity contribution in [1.82, 2.24) is 25.1 Å². The normalized spacial score (nSPS) is 23.7. The van der Waals surface area contributed by atoms with Crippen molar-refractivity contribution in [1.29, 1.82) is 0 Å². The molecule has 2 aliphatic carbocycles. The van der Waals surface area contributed by atoms with Crippen molar-refractivity contribution in [2.45, 2.75) is 76.7 Å². The maximum absolute atomic E-state index is 13.6. The van der Waals surface area contributed by atoms with Gasteiger partial charge in [-0.25, -0.2) is 4.98 Å². The summed E-state index contributed by atoms with van der Waals surface area (Å²) in [4.78, 5) is 18.5. The Morgan fingerprint density at radius 1 is 1.18 bits per heavy atom. The third-order valence-corrected chi connectivity index (χ3v) is 9.11. The molecule has 0 unspecified atom stereocenters. The molecule has 0 saturated heterocycles. The maximum atomic E-state index is 13.6. The van der Waals surface area contributed by atoms with Crippen molar-refractivity contribution in [2.75, 3.05) is 23.7 Å². The van der Waals surface area contributed by atoms with Gasteiger partial charge in [0, 0.05) is 31.2 Å². The number of carbonyl (C=O) groups excluding carboxylic acids is 1. The highest BCUT2D eigenvalue weighted by atomic mass is 16.1. The number of fused-ring (bicyclic) bond motifs is 1. The van der Waals surface area contributed by atoms with Gasteiger partial charge in [-0.05, 0) is 73.4 Å². The minimum Gasteiger partial charge on any atom is -0.382 e. The van der Waals surface area contributed by atoms with Gasteiger partial charge in [-0.2, -0.15) is 0 Å². The van der Waals surface area contributed by atoms with Crippen LogP contribution in [0.3, 0.4) is 0 Å². The molecular formula is C31H41N7O. The van der Waals surface area contributed by atoms with Gasteiger partial charge in [0.2, 0.25) is 0 Å². The third-order valence-electron chi connectivity index (χ3n) is 9.11. The Hall–Kier alpha value is -3.26. The zero-order valence-electron chi connectivity index (χ0n) is 23.7. The van der Waals surface area contributed by atoms with Crippen molar-refractivity contribution in [3.8, 4) is 0 Å². The molecule has 8 heteroatoms. The molecule has 2 fully saturated rings. The van der Waals surface area contributed by atoms with Gasteiger partial charge >= 0.3 is 0 Å². The van der Waals surface area contributed by atoms with Crippen molar-refractivity contribution < 1.29 is 4.79 Å². The fourth-order valence-electron chi connectivity index (χ4n) is 7.04. The standard InChI is InChI=1S/C31H41N7O/c1-20-14-31(15-20,29-37-34-19-38(29)4)23-10-7-11-24(13-23)35-28(39)25-12-22(17-32-16-21-8-5-6-9-21)26-27(36-25)30(2,3)18-33-26/h7,10-13,19-21,32-33H,5-6,8-9,14-18H2,1-4H3,(H,35,39). The summed E-state index contributed by atoms with van der Waals surface area (Å²) in [6, 6.07) is 10.2. The summed E-state index contributed by atoms with van der Waals surface area (Å²) >= 11 is 0. The van der Waals surface area contributed by atoms with Crippen LogP contribution in [0.2, 0.25) is 0 Å². The molecule has 206 valence electrons. The summed E-state index contributed by atoms with van der Waals surface area (Å²) in [6.45, 7) is 9.23. The zero-order chi connectivity index (χ0) is 27.2. The highest BCUT2D eigenvalue weighted by molar-refractivity contribution is 6.03. The highest BCUT2D eigenvalue weighted by Gasteiger charge is 2.48. The molecule has 6 rings (SSSR count). The van der Waals surface area contributed by atoms with Crippen molar-refractivity contribution in [3.63, 3.8) is 0 Å². The Bertz CT molecular complexity index is 1370. The van der Waals surface area contributed by atoms with E-state index in [0.717, 1.165) is 66.9 Å². The average Bonchev–Trinajstić information content (AvgIpc) is 3.63. The van der Waals surface area contributed by atoms with Gasteiger partial charge in [0.15, 0.2) is 0 Å². The van der Waals surface area contributed by atoms with Crippen LogP contribution < -0.4 is 16.0 Å². The van der Waals surface area contributed by atoms with E-state index < -0.39 is 0 Å². The van der Waals surface area contributed by atoms with Gasteiger partial charge in [0.05, 0.1) is 16.8 Å². The second-order valence-corrected chi connectivity index (χ2v) is 12.8. The van der Waals surface area contributed by atoms with Crippen LogP contribution in [-0.4, -0.2) is 38.7 Å². The fourth-order valence-corrected chi connectivity index (χ4v) is 7.04. The van der Waals surface area contributed by atoms with Crippen LogP contribution in [0.4, 0.5) is 11.4 Å². The minimum atomic E-state index is -0.177. The summed E-state index contributed by atoms with van der Waals surface area (Å²) in [6.07, 6.45) is 9.12. The first-order chi connectivity index (χ1) is 18.7. The number of benzene rings is 1. The van der Waals surface area contributed by atoms with Gasteiger partial charge in [-0.3, -0.25) is 4.79 Å². The number of anilines is 2. The number of rotatable bonds is 8. The molecule has 3 heterocycles. The van der Waals surface area contributed by atoms with Crippen LogP contribution in [-0.2, 0) is 24.4 Å². The monoisotopic (exact) mass is 527 g/mol. The first-order valence-electron chi connectivity index (χ1n) is 14.5. The molecule has 8 nitrogen and oxygen atoms in total. The van der Waals surface area contributed by atoms with E-state index in [1.165, 1.54) is 31.2 Å². The summed E-state index contributed by atoms with van der Waals surface area (Å²) in [5.74, 6) is 2.19. The molecular weight excluding hydrogens is 486 g/mol. The molecule has 1 aliphatic heterocycles. The highest BCUT2D eigenvalue weighted by Crippen LogP contribution is 2.51. The number of aromatic nitrogens is 4. The number of hydrogen-bond acceptors (Lipinski definition) is 6. The molecule has 2 saturated carbocycles. The van der Waals surface area contributed by atoms with Crippen molar-refractivity contribution in [3.05, 3.63) is 65.0 Å². The van der Waals surface area contributed by atoms with Crippen molar-refractivity contribution in [2.24, 2.45) is 18.9 Å². The van der Waals surface area contributed by atoms with Crippen LogP contribution in [0.15, 0.2) is 36.7 Å². The smallest absolute Gasteiger partial charge is 0.274 e. The quantitative estimate of drug-likeness (QED) is 0.374. The largest absolute Gasteiger partial charge is 0.382 e. The fraction of sp³-hybridized carbons (Fsp3) is 0.548. The number of carbonyl (C=O) groups is 1. The van der Waals surface area contributed by atoms with Crippen LogP contribution in [0.1, 0.15) is 92.4 Å². The van der Waals surface area contributed by atoms with Crippen LogP contribution in [0, 0.1) is 11.8 Å². The van der Waals surface area contributed by atoms with Gasteiger partial charge in [0.25, 0.3) is 5.91 Å². The number of amides is 1. The lowest BCUT2D eigenvalue weighted by molar-refractivity contribution is 0.102. The Kier molecular flexibility index (Phi) is 6.69. The molecule has 39 heavy (non-hydrogen) atoms. The predicted molar refractivity (Wildman–Crippen MR) is 154 cm³/mol. The number of nitrogens with zero attached hydrogens (tertiary/aromatic N) is 4. The topological polar surface area (TPSA) is 96.8 Å². The zero-order valence-corrected chi connectivity index (χ0v) is 23.7. The number of nitrogens with one attached hydrogen (secondary N) is 3. The van der Waals surface area contributed by atoms with E-state index in [-0.39, 0.29) is 16.7 Å². The summed E-state index contributed by atoms with van der Waals surface area (Å²) in [7, 11) is 2.00. The second kappa shape index (κ2) is 10.0. The molecule has 0 spiro atoms. The summed E-state index contributed by atoms with van der Waals surface area (Å²) in [5.41, 5.74) is 5.28. The van der Waals surface area contributed by atoms with E-state index in [0.29, 0.717) is 11.6 Å². The van der Waals surface area contributed by atoms with E-state index in [2.05, 4.69) is 59.1 Å². The number of aryl methyl sites for hydroxylation is 1. The first kappa shape index (κ1) is 26.0. The second-order valence-electron chi connectivity index (χ2n) is 12.8. The van der Waals surface area contributed by atoms with Gasteiger partial charge in [-0.15, -0.1) is 10.2 Å². The van der Waals surface area contributed by atoms with Crippen LogP contribution >= 0.6 is 0 Å². The van der Waals surface area contributed by atoms with Gasteiger partial charge < -0.3 is 20.5 Å². The number of pyridine rings is 1. The Labute approximate surface area is 231 Å². The van der Waals surface area contributed by atoms with Gasteiger partial charge in [0.1, 0.15) is 17.8 Å². The van der Waals surface area contributed by atoms with Crippen LogP contribution in [0.5, 0.6) is 0 Å². The number of hydrogen-bond donors (Lipinski definition) is 3. The lowest BCUT2D eigenvalue weighted by Gasteiger charge is -2.46. The Morgan fingerprint density at radius 3 is 2.69 bits per heavy atom. The SMILES string of the molecule is CC1CC(c2cccc(NC(=O)c3cc(CNCC4CCCC4)c4c(n3)C(C)(C)CN4)c2)(c2nncn2C)C1. The van der Waals surface area contributed by atoms with E-state index in [1.54, 1.807) is 6.33 Å². The lowest BCUT2D eigenvalue weighted by atomic mass is 9.58. The molecule has 1 aromatic carbocycles. The van der Waals surface area contributed by atoms with E-state index in [4.69, 9.17) is 4.98 Å². The Morgan fingerprint density at radius 2 is 1.97 bits per heavy atom. The molecule has 0 bridgehead atoms. The van der Waals surface area contributed by atoms with Crippen molar-refractivity contribution >= 4 is 17.3 Å². The van der Waals surface area contributed by atoms with Gasteiger partial charge in [-0.1, -0.05) is 45.7 Å². The minimum absolute atomic E-state index is 0.130. The molecule has 0 atom stereocenters. The maximum Gasteiger partial charge on any atom is 0.274 e. The third kappa shape index (κ3) is 4.84. The molecule has 3 aliphatic rings. The lowest BCUT2D eigenvalue weighted by Crippen LogP contribution is -2.43. The first-order valence-corrected chi connectivity index (χ1v) is 14.5. The van der Waals surface area contributed by atoms with Crippen LogP contribution in [0.25, 0.3) is 0 Å². The molecule has 3 aromatic rings. The van der Waals surface area contributed by atoms with E-state index >= 15 is 0 Å². The van der Waals surface area contributed by atoms with E-state index in [1.807, 2.05) is 29.8 Å².